The fourth-order valence-corrected chi connectivity index (χ4v) is 1.86. The lowest BCUT2D eigenvalue weighted by Crippen LogP contribution is -2.30. The van der Waals surface area contributed by atoms with E-state index in [2.05, 4.69) is 10.3 Å². The summed E-state index contributed by atoms with van der Waals surface area (Å²) in [5, 5.41) is 3.12. The maximum absolute atomic E-state index is 11.3. The van der Waals surface area contributed by atoms with Crippen molar-refractivity contribution in [2.45, 2.75) is 0 Å². The number of aromatic nitrogens is 1. The summed E-state index contributed by atoms with van der Waals surface area (Å²) in [6, 6.07) is 3.56. The SMILES string of the molecule is Nc1cc(N2C=C(NC(=O)CCl)C(Cl)=CC2)ccn1. The highest BCUT2D eigenvalue weighted by atomic mass is 35.5. The lowest BCUT2D eigenvalue weighted by molar-refractivity contribution is -0.117. The maximum atomic E-state index is 11.3. The number of pyridine rings is 1. The standard InChI is InChI=1S/C12H12Cl2N4O/c13-6-12(19)17-10-7-18(4-2-9(10)14)8-1-3-16-11(15)5-8/h1-3,5,7H,4,6H2,(H2,15,16)(H,17,19). The van der Waals surface area contributed by atoms with Crippen LogP contribution in [0.15, 0.2) is 41.3 Å². The number of hydrogen-bond donors (Lipinski definition) is 2. The molecule has 19 heavy (non-hydrogen) atoms. The summed E-state index contributed by atoms with van der Waals surface area (Å²) in [5.74, 6) is -0.00238. The van der Waals surface area contributed by atoms with Crippen molar-refractivity contribution < 1.29 is 4.79 Å². The number of halogens is 2. The number of anilines is 2. The first kappa shape index (κ1) is 13.7. The Kier molecular flexibility index (Phi) is 4.29. The number of nitrogens with two attached hydrogens (primary N) is 1. The van der Waals surface area contributed by atoms with E-state index in [-0.39, 0.29) is 11.8 Å². The van der Waals surface area contributed by atoms with Crippen LogP contribution in [0.5, 0.6) is 0 Å². The summed E-state index contributed by atoms with van der Waals surface area (Å²) in [7, 11) is 0. The quantitative estimate of drug-likeness (QED) is 0.835. The average Bonchev–Trinajstić information content (AvgIpc) is 2.41. The van der Waals surface area contributed by atoms with Crippen molar-refractivity contribution in [3.63, 3.8) is 0 Å². The van der Waals surface area contributed by atoms with Gasteiger partial charge >= 0.3 is 0 Å². The van der Waals surface area contributed by atoms with Crippen LogP contribution in [0.4, 0.5) is 11.5 Å². The van der Waals surface area contributed by atoms with E-state index in [4.69, 9.17) is 28.9 Å². The Morgan fingerprint density at radius 2 is 2.37 bits per heavy atom. The van der Waals surface area contributed by atoms with Crippen molar-refractivity contribution in [1.82, 2.24) is 10.3 Å². The molecule has 1 aliphatic rings. The molecule has 0 atom stereocenters. The van der Waals surface area contributed by atoms with Gasteiger partial charge in [0.15, 0.2) is 0 Å². The van der Waals surface area contributed by atoms with Gasteiger partial charge in [0.05, 0.1) is 10.7 Å². The number of nitrogen functional groups attached to an aromatic ring is 1. The summed E-state index contributed by atoms with van der Waals surface area (Å²) < 4.78 is 0. The lowest BCUT2D eigenvalue weighted by Gasteiger charge is -2.25. The summed E-state index contributed by atoms with van der Waals surface area (Å²) in [5.41, 5.74) is 7.02. The first-order chi connectivity index (χ1) is 9.10. The van der Waals surface area contributed by atoms with Gasteiger partial charge in [-0.1, -0.05) is 11.6 Å². The second-order valence-corrected chi connectivity index (χ2v) is 4.54. The molecule has 1 aliphatic heterocycles. The summed E-state index contributed by atoms with van der Waals surface area (Å²) >= 11 is 11.5. The van der Waals surface area contributed by atoms with E-state index in [1.807, 2.05) is 11.0 Å². The summed E-state index contributed by atoms with van der Waals surface area (Å²) in [6.07, 6.45) is 5.15. The summed E-state index contributed by atoms with van der Waals surface area (Å²) in [6.45, 7) is 0.586. The minimum atomic E-state index is -0.310. The number of carbonyl (C=O) groups excluding carboxylic acids is 1. The predicted molar refractivity (Wildman–Crippen MR) is 76.9 cm³/mol. The Morgan fingerprint density at radius 3 is 3.05 bits per heavy atom. The molecule has 2 heterocycles. The first-order valence-corrected chi connectivity index (χ1v) is 6.43. The minimum Gasteiger partial charge on any atom is -0.384 e. The molecule has 0 aliphatic carbocycles. The summed E-state index contributed by atoms with van der Waals surface area (Å²) in [4.78, 5) is 17.1. The number of hydrogen-bond acceptors (Lipinski definition) is 4. The number of carbonyl (C=O) groups is 1. The van der Waals surface area contributed by atoms with Gasteiger partial charge in [0.1, 0.15) is 11.7 Å². The molecule has 0 saturated heterocycles. The highest BCUT2D eigenvalue weighted by Gasteiger charge is 2.15. The molecule has 3 N–H and O–H groups in total. The van der Waals surface area contributed by atoms with Crippen molar-refractivity contribution in [2.24, 2.45) is 0 Å². The van der Waals surface area contributed by atoms with Crippen molar-refractivity contribution in [1.29, 1.82) is 0 Å². The molecule has 0 fully saturated rings. The molecule has 100 valence electrons. The molecule has 0 unspecified atom stereocenters. The molecular formula is C12H12Cl2N4O. The zero-order valence-electron chi connectivity index (χ0n) is 9.94. The Bertz CT molecular complexity index is 556. The van der Waals surface area contributed by atoms with Gasteiger partial charge in [0, 0.05) is 30.7 Å². The monoisotopic (exact) mass is 298 g/mol. The van der Waals surface area contributed by atoms with E-state index in [0.717, 1.165) is 5.69 Å². The fourth-order valence-electron chi connectivity index (χ4n) is 1.63. The maximum Gasteiger partial charge on any atom is 0.239 e. The van der Waals surface area contributed by atoms with Crippen LogP contribution in [0.2, 0.25) is 0 Å². The Hall–Kier alpha value is -1.72. The molecule has 7 heteroatoms. The fraction of sp³-hybridized carbons (Fsp3) is 0.167. The van der Waals surface area contributed by atoms with Crippen LogP contribution < -0.4 is 16.0 Å². The van der Waals surface area contributed by atoms with E-state index in [1.54, 1.807) is 24.5 Å². The van der Waals surface area contributed by atoms with E-state index in [1.165, 1.54) is 0 Å². The molecule has 0 spiro atoms. The van der Waals surface area contributed by atoms with Crippen LogP contribution in [-0.2, 0) is 4.79 Å². The zero-order chi connectivity index (χ0) is 13.8. The van der Waals surface area contributed by atoms with Gasteiger partial charge in [-0.2, -0.15) is 0 Å². The highest BCUT2D eigenvalue weighted by Crippen LogP contribution is 2.23. The molecule has 0 radical (unpaired) electrons. The number of amides is 1. The van der Waals surface area contributed by atoms with Gasteiger partial charge < -0.3 is 16.0 Å². The number of allylic oxidation sites excluding steroid dienone is 1. The van der Waals surface area contributed by atoms with Crippen molar-refractivity contribution >= 4 is 40.6 Å². The largest absolute Gasteiger partial charge is 0.384 e. The van der Waals surface area contributed by atoms with Crippen molar-refractivity contribution in [3.8, 4) is 0 Å². The van der Waals surface area contributed by atoms with Gasteiger partial charge in [-0.25, -0.2) is 4.98 Å². The van der Waals surface area contributed by atoms with Crippen LogP contribution in [0.25, 0.3) is 0 Å². The molecule has 5 nitrogen and oxygen atoms in total. The van der Waals surface area contributed by atoms with Crippen LogP contribution >= 0.6 is 23.2 Å². The lowest BCUT2D eigenvalue weighted by atomic mass is 10.2. The van der Waals surface area contributed by atoms with Gasteiger partial charge in [-0.05, 0) is 12.1 Å². The van der Waals surface area contributed by atoms with Crippen molar-refractivity contribution in [3.05, 3.63) is 41.3 Å². The number of alkyl halides is 1. The average molecular weight is 299 g/mol. The van der Waals surface area contributed by atoms with E-state index < -0.39 is 0 Å². The minimum absolute atomic E-state index is 0.121. The normalized spacial score (nSPS) is 14.7. The smallest absolute Gasteiger partial charge is 0.239 e. The van der Waals surface area contributed by atoms with Gasteiger partial charge in [0.25, 0.3) is 0 Å². The first-order valence-electron chi connectivity index (χ1n) is 5.52. The molecule has 0 aromatic carbocycles. The molecule has 1 aromatic rings. The molecule has 0 saturated carbocycles. The molecule has 0 bridgehead atoms. The predicted octanol–water partition coefficient (Wildman–Crippen LogP) is 1.80. The molecule has 2 rings (SSSR count). The number of nitrogens with zero attached hydrogens (tertiary/aromatic N) is 2. The second kappa shape index (κ2) is 5.95. The van der Waals surface area contributed by atoms with Gasteiger partial charge in [0.2, 0.25) is 5.91 Å². The van der Waals surface area contributed by atoms with Crippen molar-refractivity contribution in [2.75, 3.05) is 23.1 Å². The van der Waals surface area contributed by atoms with E-state index in [9.17, 15) is 4.79 Å². The van der Waals surface area contributed by atoms with Crippen LogP contribution in [0.3, 0.4) is 0 Å². The van der Waals surface area contributed by atoms with Crippen LogP contribution in [0, 0.1) is 0 Å². The topological polar surface area (TPSA) is 71.2 Å². The Balaban J connectivity index is 2.23. The molecule has 1 aromatic heterocycles. The van der Waals surface area contributed by atoms with Gasteiger partial charge in [-0.3, -0.25) is 4.79 Å². The van der Waals surface area contributed by atoms with E-state index in [0.29, 0.717) is 23.1 Å². The third kappa shape index (κ3) is 3.39. The van der Waals surface area contributed by atoms with Gasteiger partial charge in [-0.15, -0.1) is 11.6 Å². The number of rotatable bonds is 3. The second-order valence-electron chi connectivity index (χ2n) is 3.87. The van der Waals surface area contributed by atoms with E-state index >= 15 is 0 Å². The third-order valence-corrected chi connectivity index (χ3v) is 3.10. The van der Waals surface area contributed by atoms with Crippen LogP contribution in [0.1, 0.15) is 0 Å². The molecular weight excluding hydrogens is 287 g/mol. The highest BCUT2D eigenvalue weighted by molar-refractivity contribution is 6.32. The third-order valence-electron chi connectivity index (χ3n) is 2.50. The Labute approximate surface area is 120 Å². The molecule has 1 amide bonds. The number of nitrogens with one attached hydrogen (secondary N) is 1. The van der Waals surface area contributed by atoms with Crippen LogP contribution in [-0.4, -0.2) is 23.3 Å². The zero-order valence-corrected chi connectivity index (χ0v) is 11.4. The Morgan fingerprint density at radius 1 is 1.58 bits per heavy atom.